The molecule has 0 heterocycles. The van der Waals surface area contributed by atoms with Gasteiger partial charge in [0.15, 0.2) is 0 Å². The predicted molar refractivity (Wildman–Crippen MR) is 70.7 cm³/mol. The molecule has 1 rings (SSSR count). The molecule has 0 saturated heterocycles. The summed E-state index contributed by atoms with van der Waals surface area (Å²) < 4.78 is 0. The van der Waals surface area contributed by atoms with Crippen LogP contribution in [0.1, 0.15) is 17.5 Å². The Balaban J connectivity index is 0.00000196. The molecule has 84 valence electrons. The summed E-state index contributed by atoms with van der Waals surface area (Å²) in [5.41, 5.74) is 2.61. The lowest BCUT2D eigenvalue weighted by Crippen LogP contribution is -2.13. The lowest BCUT2D eigenvalue weighted by atomic mass is 10.1. The first-order chi connectivity index (χ1) is 6.72. The maximum absolute atomic E-state index is 3.74. The minimum absolute atomic E-state index is 0. The Morgan fingerprint density at radius 3 is 2.27 bits per heavy atom. The van der Waals surface area contributed by atoms with Gasteiger partial charge in [-0.15, -0.1) is 12.4 Å². The monoisotopic (exact) mass is 225 g/mol. The average Bonchev–Trinajstić information content (AvgIpc) is 2.18. The molecule has 0 N–H and O–H groups in total. The maximum atomic E-state index is 3.74. The Bertz CT molecular complexity index is 277. The van der Waals surface area contributed by atoms with Crippen LogP contribution in [0.25, 0.3) is 6.08 Å². The molecule has 0 unspecified atom stereocenters. The molecular formula is C13H20ClN. The summed E-state index contributed by atoms with van der Waals surface area (Å²) >= 11 is 0. The summed E-state index contributed by atoms with van der Waals surface area (Å²) in [4.78, 5) is 2.22. The number of rotatable bonds is 5. The summed E-state index contributed by atoms with van der Waals surface area (Å²) in [6.45, 7) is 4.90. The summed E-state index contributed by atoms with van der Waals surface area (Å²) in [7, 11) is 4.22. The van der Waals surface area contributed by atoms with Gasteiger partial charge >= 0.3 is 0 Å². The fraction of sp³-hybridized carbons (Fsp3) is 0.385. The summed E-state index contributed by atoms with van der Waals surface area (Å²) in [5.74, 6) is 0. The van der Waals surface area contributed by atoms with E-state index in [1.165, 1.54) is 17.5 Å². The fourth-order valence-electron chi connectivity index (χ4n) is 1.42. The Morgan fingerprint density at radius 2 is 1.80 bits per heavy atom. The molecule has 0 aliphatic rings. The van der Waals surface area contributed by atoms with Crippen LogP contribution in [0.3, 0.4) is 0 Å². The van der Waals surface area contributed by atoms with E-state index in [0.29, 0.717) is 0 Å². The first-order valence-corrected chi connectivity index (χ1v) is 5.08. The number of aryl methyl sites for hydroxylation is 1. The maximum Gasteiger partial charge on any atom is -0.00217 e. The molecule has 0 saturated carbocycles. The van der Waals surface area contributed by atoms with Crippen molar-refractivity contribution in [1.82, 2.24) is 4.90 Å². The molecule has 1 aromatic rings. The van der Waals surface area contributed by atoms with Crippen molar-refractivity contribution in [2.45, 2.75) is 12.8 Å². The third-order valence-corrected chi connectivity index (χ3v) is 2.29. The molecule has 15 heavy (non-hydrogen) atoms. The van der Waals surface area contributed by atoms with Gasteiger partial charge in [0.05, 0.1) is 0 Å². The molecular weight excluding hydrogens is 206 g/mol. The summed E-state index contributed by atoms with van der Waals surface area (Å²) in [6.07, 6.45) is 4.26. The predicted octanol–water partition coefficient (Wildman–Crippen LogP) is 3.25. The second kappa shape index (κ2) is 7.49. The van der Waals surface area contributed by atoms with Gasteiger partial charge in [0.2, 0.25) is 0 Å². The van der Waals surface area contributed by atoms with Gasteiger partial charge < -0.3 is 4.90 Å². The SMILES string of the molecule is C=Cc1ccc(CCCN(C)C)cc1.Cl. The minimum Gasteiger partial charge on any atom is -0.309 e. The Hall–Kier alpha value is -0.790. The normalized spacial score (nSPS) is 9.80. The van der Waals surface area contributed by atoms with Crippen molar-refractivity contribution in [2.75, 3.05) is 20.6 Å². The van der Waals surface area contributed by atoms with E-state index in [-0.39, 0.29) is 12.4 Å². The van der Waals surface area contributed by atoms with Crippen LogP contribution in [0.4, 0.5) is 0 Å². The van der Waals surface area contributed by atoms with Gasteiger partial charge in [0.1, 0.15) is 0 Å². The second-order valence-corrected chi connectivity index (χ2v) is 3.85. The van der Waals surface area contributed by atoms with Crippen molar-refractivity contribution in [3.05, 3.63) is 42.0 Å². The van der Waals surface area contributed by atoms with Crippen LogP contribution in [0.5, 0.6) is 0 Å². The molecule has 2 heteroatoms. The zero-order valence-corrected chi connectivity index (χ0v) is 10.4. The van der Waals surface area contributed by atoms with Crippen molar-refractivity contribution in [3.63, 3.8) is 0 Å². The van der Waals surface area contributed by atoms with E-state index >= 15 is 0 Å². The lowest BCUT2D eigenvalue weighted by Gasteiger charge is -2.08. The van der Waals surface area contributed by atoms with Gasteiger partial charge in [-0.1, -0.05) is 36.9 Å². The van der Waals surface area contributed by atoms with Gasteiger partial charge in [-0.3, -0.25) is 0 Å². The van der Waals surface area contributed by atoms with Crippen LogP contribution < -0.4 is 0 Å². The average molecular weight is 226 g/mol. The largest absolute Gasteiger partial charge is 0.309 e. The highest BCUT2D eigenvalue weighted by molar-refractivity contribution is 5.85. The molecule has 0 aliphatic carbocycles. The molecule has 0 atom stereocenters. The van der Waals surface area contributed by atoms with Crippen molar-refractivity contribution >= 4 is 18.5 Å². The van der Waals surface area contributed by atoms with Crippen molar-refractivity contribution < 1.29 is 0 Å². The van der Waals surface area contributed by atoms with Crippen LogP contribution in [0, 0.1) is 0 Å². The number of nitrogens with zero attached hydrogens (tertiary/aromatic N) is 1. The van der Waals surface area contributed by atoms with E-state index in [0.717, 1.165) is 13.0 Å². The van der Waals surface area contributed by atoms with Crippen LogP contribution in [0.2, 0.25) is 0 Å². The van der Waals surface area contributed by atoms with E-state index in [1.54, 1.807) is 0 Å². The number of hydrogen-bond acceptors (Lipinski definition) is 1. The molecule has 0 radical (unpaired) electrons. The van der Waals surface area contributed by atoms with Gasteiger partial charge in [-0.05, 0) is 44.6 Å². The van der Waals surface area contributed by atoms with Crippen molar-refractivity contribution in [1.29, 1.82) is 0 Å². The number of hydrogen-bond donors (Lipinski definition) is 0. The standard InChI is InChI=1S/C13H19N.ClH/c1-4-12-7-9-13(10-8-12)6-5-11-14(2)3;/h4,7-10H,1,5-6,11H2,2-3H3;1H. The molecule has 1 aromatic carbocycles. The van der Waals surface area contributed by atoms with E-state index in [9.17, 15) is 0 Å². The zero-order valence-electron chi connectivity index (χ0n) is 9.57. The van der Waals surface area contributed by atoms with E-state index in [2.05, 4.69) is 49.8 Å². The quantitative estimate of drug-likeness (QED) is 0.744. The highest BCUT2D eigenvalue weighted by Crippen LogP contribution is 2.07. The van der Waals surface area contributed by atoms with Gasteiger partial charge in [0, 0.05) is 0 Å². The third kappa shape index (κ3) is 5.60. The van der Waals surface area contributed by atoms with E-state index in [4.69, 9.17) is 0 Å². The highest BCUT2D eigenvalue weighted by Gasteiger charge is 1.94. The van der Waals surface area contributed by atoms with E-state index in [1.807, 2.05) is 6.08 Å². The van der Waals surface area contributed by atoms with Crippen LogP contribution in [-0.2, 0) is 6.42 Å². The topological polar surface area (TPSA) is 3.24 Å². The fourth-order valence-corrected chi connectivity index (χ4v) is 1.42. The van der Waals surface area contributed by atoms with Crippen LogP contribution in [-0.4, -0.2) is 25.5 Å². The van der Waals surface area contributed by atoms with E-state index < -0.39 is 0 Å². The van der Waals surface area contributed by atoms with Crippen molar-refractivity contribution in [3.8, 4) is 0 Å². The summed E-state index contributed by atoms with van der Waals surface area (Å²) in [6, 6.07) is 8.62. The van der Waals surface area contributed by atoms with Gasteiger partial charge in [-0.2, -0.15) is 0 Å². The Morgan fingerprint density at radius 1 is 1.20 bits per heavy atom. The Kier molecular flexibility index (Phi) is 7.10. The smallest absolute Gasteiger partial charge is 0.00217 e. The molecule has 0 amide bonds. The molecule has 0 bridgehead atoms. The first kappa shape index (κ1) is 14.2. The number of halogens is 1. The molecule has 0 aliphatic heterocycles. The lowest BCUT2D eigenvalue weighted by molar-refractivity contribution is 0.400. The first-order valence-electron chi connectivity index (χ1n) is 5.08. The summed E-state index contributed by atoms with van der Waals surface area (Å²) in [5, 5.41) is 0. The van der Waals surface area contributed by atoms with Gasteiger partial charge in [-0.25, -0.2) is 0 Å². The zero-order chi connectivity index (χ0) is 10.4. The van der Waals surface area contributed by atoms with Crippen molar-refractivity contribution in [2.24, 2.45) is 0 Å². The molecule has 1 nitrogen and oxygen atoms in total. The highest BCUT2D eigenvalue weighted by atomic mass is 35.5. The number of benzene rings is 1. The molecule has 0 fully saturated rings. The third-order valence-electron chi connectivity index (χ3n) is 2.29. The second-order valence-electron chi connectivity index (χ2n) is 3.85. The Labute approximate surface area is 99.2 Å². The van der Waals surface area contributed by atoms with Crippen LogP contribution >= 0.6 is 12.4 Å². The van der Waals surface area contributed by atoms with Crippen LogP contribution in [0.15, 0.2) is 30.8 Å². The van der Waals surface area contributed by atoms with Gasteiger partial charge in [0.25, 0.3) is 0 Å². The molecule has 0 aromatic heterocycles. The minimum atomic E-state index is 0. The molecule has 0 spiro atoms.